The number of benzene rings is 1. The summed E-state index contributed by atoms with van der Waals surface area (Å²) in [6, 6.07) is 4.69. The van der Waals surface area contributed by atoms with Gasteiger partial charge in [-0.2, -0.15) is 0 Å². The molecule has 0 aliphatic carbocycles. The van der Waals surface area contributed by atoms with E-state index in [0.717, 1.165) is 0 Å². The van der Waals surface area contributed by atoms with Gasteiger partial charge in [0.2, 0.25) is 10.0 Å². The zero-order valence-corrected chi connectivity index (χ0v) is 12.4. The summed E-state index contributed by atoms with van der Waals surface area (Å²) in [6.45, 7) is 2.48. The smallest absolute Gasteiger partial charge is 0.225 e. The summed E-state index contributed by atoms with van der Waals surface area (Å²) >= 11 is 5.27. The highest BCUT2D eigenvalue weighted by Gasteiger charge is 2.15. The van der Waals surface area contributed by atoms with Crippen LogP contribution in [0.2, 0.25) is 0 Å². The number of ether oxygens (including phenoxy) is 1. The second-order valence-corrected chi connectivity index (χ2v) is 6.82. The van der Waals surface area contributed by atoms with Crippen molar-refractivity contribution < 1.29 is 17.5 Å². The van der Waals surface area contributed by atoms with Crippen molar-refractivity contribution in [2.24, 2.45) is 0 Å². The Balaban J connectivity index is 2.05. The first kappa shape index (κ1) is 15.5. The van der Waals surface area contributed by atoms with E-state index in [0.29, 0.717) is 37.6 Å². The number of hydrogen-bond acceptors (Lipinski definition) is 4. The van der Waals surface area contributed by atoms with E-state index in [1.165, 1.54) is 6.07 Å². The molecule has 20 heavy (non-hydrogen) atoms. The number of anilines is 1. The maximum absolute atomic E-state index is 14.1. The summed E-state index contributed by atoms with van der Waals surface area (Å²) in [5.41, 5.74) is 1.06. The fourth-order valence-corrected chi connectivity index (χ4v) is 2.65. The molecule has 0 saturated carbocycles. The molecule has 0 atom stereocenters. The van der Waals surface area contributed by atoms with E-state index in [9.17, 15) is 12.8 Å². The van der Waals surface area contributed by atoms with Gasteiger partial charge < -0.3 is 9.64 Å². The number of halogens is 2. The molecule has 1 aliphatic heterocycles. The molecule has 1 saturated heterocycles. The lowest BCUT2D eigenvalue weighted by Gasteiger charge is -2.29. The summed E-state index contributed by atoms with van der Waals surface area (Å²) < 4.78 is 44.0. The van der Waals surface area contributed by atoms with E-state index in [4.69, 9.17) is 16.3 Å². The predicted octanol–water partition coefficient (Wildman–Crippen LogP) is 1.28. The van der Waals surface area contributed by atoms with Crippen LogP contribution < -0.4 is 9.62 Å². The fourth-order valence-electron chi connectivity index (χ4n) is 1.95. The maximum Gasteiger partial charge on any atom is 0.225 e. The number of nitrogens with zero attached hydrogens (tertiary/aromatic N) is 1. The minimum atomic E-state index is -3.50. The van der Waals surface area contributed by atoms with Crippen LogP contribution >= 0.6 is 11.6 Å². The zero-order chi connectivity index (χ0) is 14.6. The number of rotatable bonds is 5. The quantitative estimate of drug-likeness (QED) is 0.830. The molecule has 5 nitrogen and oxygen atoms in total. The molecular weight excluding hydrogens is 307 g/mol. The summed E-state index contributed by atoms with van der Waals surface area (Å²) in [4.78, 5) is 1.91. The number of nitrogens with one attached hydrogen (secondary N) is 1. The molecule has 1 aliphatic rings. The zero-order valence-electron chi connectivity index (χ0n) is 10.8. The first-order valence-corrected chi connectivity index (χ1v) is 8.35. The highest BCUT2D eigenvalue weighted by molar-refractivity contribution is 7.90. The first-order valence-electron chi connectivity index (χ1n) is 6.16. The summed E-state index contributed by atoms with van der Waals surface area (Å²) in [7, 11) is -3.50. The Morgan fingerprint density at radius 3 is 2.65 bits per heavy atom. The molecule has 1 N–H and O–H groups in total. The van der Waals surface area contributed by atoms with Gasteiger partial charge in [0.25, 0.3) is 0 Å². The van der Waals surface area contributed by atoms with Crippen LogP contribution in [0.3, 0.4) is 0 Å². The molecule has 0 radical (unpaired) electrons. The van der Waals surface area contributed by atoms with Crippen LogP contribution in [-0.4, -0.2) is 39.9 Å². The monoisotopic (exact) mass is 322 g/mol. The van der Waals surface area contributed by atoms with E-state index < -0.39 is 15.2 Å². The van der Waals surface area contributed by atoms with Crippen molar-refractivity contribution in [3.8, 4) is 0 Å². The number of hydrogen-bond donors (Lipinski definition) is 1. The summed E-state index contributed by atoms with van der Waals surface area (Å²) in [5.74, 6) is -0.366. The second-order valence-electron chi connectivity index (χ2n) is 4.43. The molecule has 0 aromatic heterocycles. The van der Waals surface area contributed by atoms with Gasteiger partial charge in [-0.3, -0.25) is 0 Å². The molecule has 1 aromatic carbocycles. The number of sulfonamides is 1. The minimum Gasteiger partial charge on any atom is -0.378 e. The molecule has 8 heteroatoms. The highest BCUT2D eigenvalue weighted by Crippen LogP contribution is 2.21. The molecule has 1 aromatic rings. The van der Waals surface area contributed by atoms with Gasteiger partial charge in [-0.05, 0) is 17.7 Å². The van der Waals surface area contributed by atoms with E-state index in [-0.39, 0.29) is 12.4 Å². The molecule has 2 rings (SSSR count). The lowest BCUT2D eigenvalue weighted by atomic mass is 10.2. The minimum absolute atomic E-state index is 0.0232. The van der Waals surface area contributed by atoms with Crippen molar-refractivity contribution in [3.05, 3.63) is 29.6 Å². The van der Waals surface area contributed by atoms with Crippen molar-refractivity contribution >= 4 is 27.3 Å². The highest BCUT2D eigenvalue weighted by atomic mass is 35.5. The third kappa shape index (κ3) is 4.05. The summed E-state index contributed by atoms with van der Waals surface area (Å²) in [6.07, 6.45) is 0. The Bertz CT molecular complexity index is 562. The average Bonchev–Trinajstić information content (AvgIpc) is 2.46. The van der Waals surface area contributed by atoms with Gasteiger partial charge in [-0.15, -0.1) is 11.6 Å². The molecule has 0 bridgehead atoms. The van der Waals surface area contributed by atoms with Gasteiger partial charge in [0.05, 0.1) is 18.9 Å². The molecule has 0 unspecified atom stereocenters. The lowest BCUT2D eigenvalue weighted by Crippen LogP contribution is -2.36. The standard InChI is InChI=1S/C12H16ClFN2O3S/c13-9-20(17,18)15-8-10-1-2-12(11(14)7-10)16-3-5-19-6-4-16/h1-2,7,15H,3-6,8-9H2. The van der Waals surface area contributed by atoms with Crippen LogP contribution in [0.25, 0.3) is 0 Å². The third-order valence-electron chi connectivity index (χ3n) is 3.00. The van der Waals surface area contributed by atoms with Gasteiger partial charge >= 0.3 is 0 Å². The van der Waals surface area contributed by atoms with Crippen LogP contribution in [0.1, 0.15) is 5.56 Å². The molecule has 0 amide bonds. The van der Waals surface area contributed by atoms with Crippen molar-refractivity contribution in [1.29, 1.82) is 0 Å². The Morgan fingerprint density at radius 1 is 1.35 bits per heavy atom. The molecule has 0 spiro atoms. The maximum atomic E-state index is 14.1. The Labute approximate surface area is 122 Å². The number of morpholine rings is 1. The molecule has 1 heterocycles. The van der Waals surface area contributed by atoms with Crippen LogP contribution in [-0.2, 0) is 21.3 Å². The van der Waals surface area contributed by atoms with Gasteiger partial charge in [0.15, 0.2) is 0 Å². The Kier molecular flexibility index (Phi) is 5.20. The van der Waals surface area contributed by atoms with E-state index in [1.807, 2.05) is 4.90 Å². The third-order valence-corrected chi connectivity index (χ3v) is 4.74. The largest absolute Gasteiger partial charge is 0.378 e. The van der Waals surface area contributed by atoms with Gasteiger partial charge in [-0.25, -0.2) is 17.5 Å². The average molecular weight is 323 g/mol. The molecule has 112 valence electrons. The van der Waals surface area contributed by atoms with Crippen LogP contribution in [0.15, 0.2) is 18.2 Å². The van der Waals surface area contributed by atoms with E-state index >= 15 is 0 Å². The van der Waals surface area contributed by atoms with Gasteiger partial charge in [-0.1, -0.05) is 6.07 Å². The second kappa shape index (κ2) is 6.71. The molecular formula is C12H16ClFN2O3S. The summed E-state index contributed by atoms with van der Waals surface area (Å²) in [5, 5.41) is -0.513. The van der Waals surface area contributed by atoms with Crippen molar-refractivity contribution in [1.82, 2.24) is 4.72 Å². The van der Waals surface area contributed by atoms with Crippen molar-refractivity contribution in [2.45, 2.75) is 6.54 Å². The van der Waals surface area contributed by atoms with Crippen LogP contribution in [0, 0.1) is 5.82 Å². The Morgan fingerprint density at radius 2 is 2.05 bits per heavy atom. The fraction of sp³-hybridized carbons (Fsp3) is 0.500. The normalized spacial score (nSPS) is 16.4. The van der Waals surface area contributed by atoms with Gasteiger partial charge in [0.1, 0.15) is 11.0 Å². The van der Waals surface area contributed by atoms with Gasteiger partial charge in [0, 0.05) is 19.6 Å². The van der Waals surface area contributed by atoms with Crippen LogP contribution in [0.4, 0.5) is 10.1 Å². The van der Waals surface area contributed by atoms with Crippen molar-refractivity contribution in [2.75, 3.05) is 36.4 Å². The predicted molar refractivity (Wildman–Crippen MR) is 75.9 cm³/mol. The lowest BCUT2D eigenvalue weighted by molar-refractivity contribution is 0.122. The molecule has 1 fully saturated rings. The van der Waals surface area contributed by atoms with E-state index in [2.05, 4.69) is 4.72 Å². The van der Waals surface area contributed by atoms with Crippen molar-refractivity contribution in [3.63, 3.8) is 0 Å². The topological polar surface area (TPSA) is 58.6 Å². The Hall–Kier alpha value is -0.890. The first-order chi connectivity index (χ1) is 9.52. The van der Waals surface area contributed by atoms with E-state index in [1.54, 1.807) is 12.1 Å². The van der Waals surface area contributed by atoms with Crippen LogP contribution in [0.5, 0.6) is 0 Å². The SMILES string of the molecule is O=S(=O)(CCl)NCc1ccc(N2CCOCC2)c(F)c1. The number of alkyl halides is 1.